The normalized spacial score (nSPS) is 28.1. The molecule has 192 valence electrons. The Morgan fingerprint density at radius 3 is 2.67 bits per heavy atom. The van der Waals surface area contributed by atoms with Gasteiger partial charge >= 0.3 is 6.16 Å². The summed E-state index contributed by atoms with van der Waals surface area (Å²) < 4.78 is 48.4. The van der Waals surface area contributed by atoms with E-state index in [0.29, 0.717) is 16.9 Å². The van der Waals surface area contributed by atoms with Crippen LogP contribution in [0.15, 0.2) is 36.7 Å². The molecule has 3 aromatic rings. The number of hydrogen-bond acceptors (Lipinski definition) is 10. The van der Waals surface area contributed by atoms with Crippen molar-refractivity contribution in [3.8, 4) is 0 Å². The first-order valence-corrected chi connectivity index (χ1v) is 11.5. The van der Waals surface area contributed by atoms with Crippen molar-refractivity contribution in [3.05, 3.63) is 42.2 Å². The lowest BCUT2D eigenvalue weighted by Gasteiger charge is -2.28. The summed E-state index contributed by atoms with van der Waals surface area (Å²) in [5.74, 6) is -2.65. The number of nitrogens with zero attached hydrogens (tertiary/aromatic N) is 5. The molecule has 0 radical (unpaired) electrons. The fourth-order valence-electron chi connectivity index (χ4n) is 4.65. The Balaban J connectivity index is 1.43. The third kappa shape index (κ3) is 4.17. The van der Waals surface area contributed by atoms with Crippen LogP contribution in [0, 0.1) is 0 Å². The number of ether oxygens (including phenoxy) is 3. The van der Waals surface area contributed by atoms with Gasteiger partial charge in [-0.3, -0.25) is 4.57 Å². The van der Waals surface area contributed by atoms with Crippen LogP contribution in [0.2, 0.25) is 0 Å². The minimum absolute atomic E-state index is 0.0735. The molecule has 4 unspecified atom stereocenters. The Labute approximate surface area is 204 Å². The number of imidazole rings is 1. The molecule has 2 fully saturated rings. The average molecular weight is 504 g/mol. The van der Waals surface area contributed by atoms with E-state index < -0.39 is 36.6 Å². The SMILES string of the molecule is CC1(F)C(n2cnc3c(N4CCCC4)nc(N)nc32)OC(F)(CO)C1OC(=O)OCc1ccccc1. The molecule has 0 aliphatic carbocycles. The predicted molar refractivity (Wildman–Crippen MR) is 123 cm³/mol. The van der Waals surface area contributed by atoms with Crippen LogP contribution in [0.4, 0.5) is 25.3 Å². The molecule has 0 saturated carbocycles. The van der Waals surface area contributed by atoms with Crippen molar-refractivity contribution < 1.29 is 32.9 Å². The molecule has 5 rings (SSSR count). The number of carbonyl (C=O) groups is 1. The zero-order valence-corrected chi connectivity index (χ0v) is 19.5. The van der Waals surface area contributed by atoms with Crippen molar-refractivity contribution >= 4 is 29.1 Å². The maximum absolute atomic E-state index is 16.2. The number of benzene rings is 1. The maximum Gasteiger partial charge on any atom is 0.509 e. The molecule has 2 aromatic heterocycles. The van der Waals surface area contributed by atoms with Gasteiger partial charge < -0.3 is 30.0 Å². The number of rotatable bonds is 6. The third-order valence-electron chi connectivity index (χ3n) is 6.40. The van der Waals surface area contributed by atoms with Gasteiger partial charge in [-0.1, -0.05) is 30.3 Å². The molecule has 13 heteroatoms. The lowest BCUT2D eigenvalue weighted by atomic mass is 9.97. The van der Waals surface area contributed by atoms with Crippen LogP contribution >= 0.6 is 0 Å². The number of halogens is 2. The Morgan fingerprint density at radius 1 is 1.25 bits per heavy atom. The van der Waals surface area contributed by atoms with Crippen LogP contribution in [-0.4, -0.2) is 68.1 Å². The summed E-state index contributed by atoms with van der Waals surface area (Å²) in [6.07, 6.45) is -1.99. The van der Waals surface area contributed by atoms with Crippen LogP contribution in [0.5, 0.6) is 0 Å². The number of fused-ring (bicyclic) bond motifs is 1. The van der Waals surface area contributed by atoms with Crippen LogP contribution in [0.1, 0.15) is 31.6 Å². The fraction of sp³-hybridized carbons (Fsp3) is 0.478. The van der Waals surface area contributed by atoms with Gasteiger partial charge in [0.1, 0.15) is 13.2 Å². The van der Waals surface area contributed by atoms with Crippen molar-refractivity contribution in [2.24, 2.45) is 0 Å². The van der Waals surface area contributed by atoms with Crippen LogP contribution in [0.25, 0.3) is 11.2 Å². The second-order valence-corrected chi connectivity index (χ2v) is 9.01. The van der Waals surface area contributed by atoms with Crippen molar-refractivity contribution in [1.82, 2.24) is 19.5 Å². The Hall–Kier alpha value is -3.58. The van der Waals surface area contributed by atoms with E-state index in [1.807, 2.05) is 4.90 Å². The van der Waals surface area contributed by atoms with E-state index in [4.69, 9.17) is 19.9 Å². The molecule has 1 aromatic carbocycles. The number of aliphatic hydroxyl groups is 1. The average Bonchev–Trinajstić information content (AvgIpc) is 3.58. The number of alkyl halides is 2. The summed E-state index contributed by atoms with van der Waals surface area (Å²) in [5.41, 5.74) is 4.36. The Bertz CT molecular complexity index is 1250. The van der Waals surface area contributed by atoms with Crippen LogP contribution < -0.4 is 10.6 Å². The molecule has 2 saturated heterocycles. The standard InChI is InChI=1S/C23H26F2N6O5/c1-22(24)18(35-21(33)34-11-14-7-3-2-4-8-14)23(25,12-32)36-19(22)31-13-27-15-16(30-9-5-6-10-30)28-20(26)29-17(15)31/h2-4,7-8,13,18-19,32H,5-6,9-12H2,1H3,(H2,26,28,29). The van der Waals surface area contributed by atoms with Crippen LogP contribution in [-0.2, 0) is 20.8 Å². The second-order valence-electron chi connectivity index (χ2n) is 9.01. The number of aromatic nitrogens is 4. The molecule has 0 spiro atoms. The molecule has 3 N–H and O–H groups in total. The highest BCUT2D eigenvalue weighted by molar-refractivity contribution is 5.85. The van der Waals surface area contributed by atoms with E-state index in [2.05, 4.69) is 15.0 Å². The minimum Gasteiger partial charge on any atom is -0.429 e. The minimum atomic E-state index is -3.06. The van der Waals surface area contributed by atoms with Gasteiger partial charge in [-0.25, -0.2) is 18.6 Å². The molecule has 0 bridgehead atoms. The van der Waals surface area contributed by atoms with E-state index in [0.717, 1.165) is 37.4 Å². The maximum atomic E-state index is 16.2. The first kappa shape index (κ1) is 24.1. The number of anilines is 2. The van der Waals surface area contributed by atoms with Crippen molar-refractivity contribution in [3.63, 3.8) is 0 Å². The van der Waals surface area contributed by atoms with Crippen molar-refractivity contribution in [2.45, 2.75) is 50.2 Å². The number of nitrogen functional groups attached to an aromatic ring is 1. The molecule has 11 nitrogen and oxygen atoms in total. The number of carbonyl (C=O) groups excluding carboxylic acids is 1. The van der Waals surface area contributed by atoms with Gasteiger partial charge in [0.2, 0.25) is 12.1 Å². The Morgan fingerprint density at radius 2 is 1.97 bits per heavy atom. The van der Waals surface area contributed by atoms with Crippen molar-refractivity contribution in [2.75, 3.05) is 30.3 Å². The zero-order chi connectivity index (χ0) is 25.5. The molecular weight excluding hydrogens is 478 g/mol. The molecule has 4 atom stereocenters. The van der Waals surface area contributed by atoms with Gasteiger partial charge in [-0.2, -0.15) is 9.97 Å². The first-order chi connectivity index (χ1) is 17.2. The van der Waals surface area contributed by atoms with Gasteiger partial charge in [0.05, 0.1) is 6.33 Å². The lowest BCUT2D eigenvalue weighted by molar-refractivity contribution is -0.209. The summed E-state index contributed by atoms with van der Waals surface area (Å²) >= 11 is 0. The van der Waals surface area contributed by atoms with E-state index in [1.165, 1.54) is 6.33 Å². The zero-order valence-electron chi connectivity index (χ0n) is 19.5. The van der Waals surface area contributed by atoms with Gasteiger partial charge in [-0.15, -0.1) is 0 Å². The summed E-state index contributed by atoms with van der Waals surface area (Å²) in [5, 5.41) is 9.73. The number of aliphatic hydroxyl groups excluding tert-OH is 1. The molecule has 4 heterocycles. The summed E-state index contributed by atoms with van der Waals surface area (Å²) in [6, 6.07) is 8.71. The van der Waals surface area contributed by atoms with E-state index in [9.17, 15) is 9.90 Å². The summed E-state index contributed by atoms with van der Waals surface area (Å²) in [7, 11) is 0. The van der Waals surface area contributed by atoms with E-state index >= 15 is 8.78 Å². The highest BCUT2D eigenvalue weighted by Gasteiger charge is 2.67. The quantitative estimate of drug-likeness (QED) is 0.482. The lowest BCUT2D eigenvalue weighted by Crippen LogP contribution is -2.49. The predicted octanol–water partition coefficient (Wildman–Crippen LogP) is 2.65. The molecule has 2 aliphatic rings. The van der Waals surface area contributed by atoms with Gasteiger partial charge in [-0.05, 0) is 25.3 Å². The topological polar surface area (TPSA) is 138 Å². The molecule has 36 heavy (non-hydrogen) atoms. The Kier molecular flexibility index (Phi) is 6.12. The monoisotopic (exact) mass is 504 g/mol. The highest BCUT2D eigenvalue weighted by atomic mass is 19.2. The largest absolute Gasteiger partial charge is 0.509 e. The molecule has 2 aliphatic heterocycles. The van der Waals surface area contributed by atoms with E-state index in [-0.39, 0.29) is 18.2 Å². The van der Waals surface area contributed by atoms with Gasteiger partial charge in [0.25, 0.3) is 5.85 Å². The van der Waals surface area contributed by atoms with Gasteiger partial charge in [0, 0.05) is 13.1 Å². The van der Waals surface area contributed by atoms with Gasteiger partial charge in [0.15, 0.2) is 28.9 Å². The number of hydrogen-bond donors (Lipinski definition) is 2. The second kappa shape index (κ2) is 9.13. The smallest absolute Gasteiger partial charge is 0.429 e. The summed E-state index contributed by atoms with van der Waals surface area (Å²) in [4.78, 5) is 27.1. The fourth-order valence-corrected chi connectivity index (χ4v) is 4.65. The molecule has 0 amide bonds. The number of nitrogens with two attached hydrogens (primary N) is 1. The summed E-state index contributed by atoms with van der Waals surface area (Å²) in [6.45, 7) is 1.06. The van der Waals surface area contributed by atoms with E-state index in [1.54, 1.807) is 30.3 Å². The first-order valence-electron chi connectivity index (χ1n) is 11.5. The third-order valence-corrected chi connectivity index (χ3v) is 6.40. The van der Waals surface area contributed by atoms with Crippen LogP contribution in [0.3, 0.4) is 0 Å². The highest BCUT2D eigenvalue weighted by Crippen LogP contribution is 2.50. The van der Waals surface area contributed by atoms with Crippen molar-refractivity contribution in [1.29, 1.82) is 0 Å². The molecular formula is C23H26F2N6O5.